The number of primary amides is 1. The number of sulfonamides is 1. The number of hydrogen-bond donors (Lipinski definition) is 3. The van der Waals surface area contributed by atoms with Gasteiger partial charge < -0.3 is 25.5 Å². The molecule has 0 aliphatic carbocycles. The van der Waals surface area contributed by atoms with Crippen molar-refractivity contribution in [1.82, 2.24) is 9.29 Å². The fourth-order valence-electron chi connectivity index (χ4n) is 3.59. The van der Waals surface area contributed by atoms with Gasteiger partial charge in [-0.1, -0.05) is 6.07 Å². The quantitative estimate of drug-likeness (QED) is 0.511. The highest BCUT2D eigenvalue weighted by molar-refractivity contribution is 7.89. The minimum Gasteiger partial charge on any atom is -0.497 e. The lowest BCUT2D eigenvalue weighted by molar-refractivity contribution is 0.0730. The zero-order chi connectivity index (χ0) is 22.0. The highest BCUT2D eigenvalue weighted by Crippen LogP contribution is 2.31. The molecule has 1 aliphatic heterocycles. The number of aromatic amines is 1. The molecule has 1 aliphatic rings. The number of methoxy groups -OCH3 is 1. The Morgan fingerprint density at radius 3 is 2.55 bits per heavy atom. The third kappa shape index (κ3) is 4.22. The van der Waals surface area contributed by atoms with Gasteiger partial charge >= 0.3 is 0 Å². The van der Waals surface area contributed by atoms with Gasteiger partial charge in [-0.05, 0) is 42.0 Å². The van der Waals surface area contributed by atoms with Crippen molar-refractivity contribution in [3.63, 3.8) is 0 Å². The monoisotopic (exact) mass is 444 g/mol. The molecule has 0 unspecified atom stereocenters. The first-order valence-electron chi connectivity index (χ1n) is 9.80. The van der Waals surface area contributed by atoms with Gasteiger partial charge in [-0.3, -0.25) is 4.79 Å². The van der Waals surface area contributed by atoms with Crippen LogP contribution in [0.25, 0.3) is 10.9 Å². The third-order valence-electron chi connectivity index (χ3n) is 5.22. The lowest BCUT2D eigenvalue weighted by atomic mass is 10.1. The van der Waals surface area contributed by atoms with Crippen molar-refractivity contribution in [2.75, 3.05) is 38.7 Å². The largest absolute Gasteiger partial charge is 0.497 e. The molecule has 2 heterocycles. The van der Waals surface area contributed by atoms with E-state index < -0.39 is 15.9 Å². The minimum absolute atomic E-state index is 0.0804. The van der Waals surface area contributed by atoms with Gasteiger partial charge in [0.25, 0.3) is 5.91 Å². The number of fused-ring (bicyclic) bond motifs is 1. The van der Waals surface area contributed by atoms with Crippen LogP contribution in [0, 0.1) is 0 Å². The molecule has 1 amide bonds. The highest BCUT2D eigenvalue weighted by Gasteiger charge is 2.33. The number of aromatic nitrogens is 1. The second-order valence-corrected chi connectivity index (χ2v) is 9.05. The molecule has 31 heavy (non-hydrogen) atoms. The van der Waals surface area contributed by atoms with Crippen LogP contribution in [0.1, 0.15) is 16.1 Å². The number of anilines is 1. The smallest absolute Gasteiger partial charge is 0.266 e. The summed E-state index contributed by atoms with van der Waals surface area (Å²) < 4.78 is 38.5. The van der Waals surface area contributed by atoms with E-state index in [-0.39, 0.29) is 23.7 Å². The van der Waals surface area contributed by atoms with E-state index in [1.807, 2.05) is 30.3 Å². The van der Waals surface area contributed by atoms with E-state index in [1.165, 1.54) is 4.31 Å². The van der Waals surface area contributed by atoms with Crippen molar-refractivity contribution in [2.45, 2.75) is 11.4 Å². The average Bonchev–Trinajstić information content (AvgIpc) is 3.18. The van der Waals surface area contributed by atoms with E-state index in [9.17, 15) is 13.2 Å². The molecule has 0 atom stereocenters. The number of benzene rings is 2. The SMILES string of the molecule is COc1ccc(NCc2ccc3[nH]c(C(N)=O)c(S(=O)(=O)N4CCOCC4)c3c2)cc1. The third-order valence-corrected chi connectivity index (χ3v) is 7.20. The number of carbonyl (C=O) groups is 1. The summed E-state index contributed by atoms with van der Waals surface area (Å²) in [6, 6.07) is 12.9. The maximum absolute atomic E-state index is 13.4. The topological polar surface area (TPSA) is 127 Å². The van der Waals surface area contributed by atoms with E-state index >= 15 is 0 Å². The van der Waals surface area contributed by atoms with Gasteiger partial charge in [-0.15, -0.1) is 0 Å². The summed E-state index contributed by atoms with van der Waals surface area (Å²) in [7, 11) is -2.32. The molecule has 10 heteroatoms. The average molecular weight is 445 g/mol. The molecule has 9 nitrogen and oxygen atoms in total. The zero-order valence-corrected chi connectivity index (χ0v) is 17.9. The fourth-order valence-corrected chi connectivity index (χ4v) is 5.34. The van der Waals surface area contributed by atoms with Gasteiger partial charge in [-0.25, -0.2) is 8.42 Å². The van der Waals surface area contributed by atoms with E-state index in [4.69, 9.17) is 15.2 Å². The molecule has 2 aromatic carbocycles. The summed E-state index contributed by atoms with van der Waals surface area (Å²) in [4.78, 5) is 14.8. The Bertz CT molecular complexity index is 1200. The van der Waals surface area contributed by atoms with E-state index in [1.54, 1.807) is 19.2 Å². The predicted molar refractivity (Wildman–Crippen MR) is 117 cm³/mol. The summed E-state index contributed by atoms with van der Waals surface area (Å²) in [5, 5.41) is 3.73. The lowest BCUT2D eigenvalue weighted by Gasteiger charge is -2.26. The summed E-state index contributed by atoms with van der Waals surface area (Å²) in [5.74, 6) is -0.0582. The molecular weight excluding hydrogens is 420 g/mol. The maximum Gasteiger partial charge on any atom is 0.266 e. The van der Waals surface area contributed by atoms with Crippen LogP contribution in [0.4, 0.5) is 5.69 Å². The molecule has 0 saturated carbocycles. The fraction of sp³-hybridized carbons (Fsp3) is 0.286. The normalized spacial score (nSPS) is 15.1. The van der Waals surface area contributed by atoms with Gasteiger partial charge in [-0.2, -0.15) is 4.31 Å². The van der Waals surface area contributed by atoms with E-state index in [2.05, 4.69) is 10.3 Å². The Morgan fingerprint density at radius 1 is 1.19 bits per heavy atom. The number of rotatable bonds is 7. The van der Waals surface area contributed by atoms with Crippen LogP contribution in [0.5, 0.6) is 5.75 Å². The lowest BCUT2D eigenvalue weighted by Crippen LogP contribution is -2.41. The summed E-state index contributed by atoms with van der Waals surface area (Å²) in [5.41, 5.74) is 7.68. The number of morpholine rings is 1. The van der Waals surface area contributed by atoms with Crippen molar-refractivity contribution in [3.8, 4) is 5.75 Å². The number of H-pyrrole nitrogens is 1. The number of carbonyl (C=O) groups excluding carboxylic acids is 1. The van der Waals surface area contributed by atoms with Crippen LogP contribution in [0.15, 0.2) is 47.4 Å². The van der Waals surface area contributed by atoms with Gasteiger partial charge in [0.2, 0.25) is 10.0 Å². The molecular formula is C21H24N4O5S. The van der Waals surface area contributed by atoms with Crippen molar-refractivity contribution >= 4 is 32.5 Å². The molecule has 1 aromatic heterocycles. The second kappa shape index (κ2) is 8.58. The zero-order valence-electron chi connectivity index (χ0n) is 17.1. The molecule has 1 fully saturated rings. The van der Waals surface area contributed by atoms with Crippen molar-refractivity contribution in [3.05, 3.63) is 53.7 Å². The number of hydrogen-bond acceptors (Lipinski definition) is 6. The Hall–Kier alpha value is -3.08. The van der Waals surface area contributed by atoms with Crippen molar-refractivity contribution in [2.24, 2.45) is 5.73 Å². The van der Waals surface area contributed by atoms with Crippen LogP contribution in [0.2, 0.25) is 0 Å². The van der Waals surface area contributed by atoms with Gasteiger partial charge in [0, 0.05) is 36.2 Å². The van der Waals surface area contributed by atoms with Crippen LogP contribution in [0.3, 0.4) is 0 Å². The molecule has 0 radical (unpaired) electrons. The van der Waals surface area contributed by atoms with Crippen LogP contribution < -0.4 is 15.8 Å². The van der Waals surface area contributed by atoms with Crippen LogP contribution >= 0.6 is 0 Å². The van der Waals surface area contributed by atoms with Gasteiger partial charge in [0.05, 0.1) is 20.3 Å². The first kappa shape index (κ1) is 21.2. The van der Waals surface area contributed by atoms with E-state index in [0.29, 0.717) is 30.7 Å². The van der Waals surface area contributed by atoms with Gasteiger partial charge in [0.15, 0.2) is 0 Å². The molecule has 3 aromatic rings. The first-order valence-corrected chi connectivity index (χ1v) is 11.2. The number of amides is 1. The summed E-state index contributed by atoms with van der Waals surface area (Å²) in [6.07, 6.45) is 0. The highest BCUT2D eigenvalue weighted by atomic mass is 32.2. The molecule has 4 rings (SSSR count). The predicted octanol–water partition coefficient (Wildman–Crippen LogP) is 1.91. The molecule has 164 valence electrons. The number of nitrogens with zero attached hydrogens (tertiary/aromatic N) is 1. The molecule has 0 bridgehead atoms. The Morgan fingerprint density at radius 2 is 1.90 bits per heavy atom. The molecule has 1 saturated heterocycles. The number of nitrogens with one attached hydrogen (secondary N) is 2. The summed E-state index contributed by atoms with van der Waals surface area (Å²) >= 11 is 0. The maximum atomic E-state index is 13.4. The Balaban J connectivity index is 1.69. The molecule has 0 spiro atoms. The summed E-state index contributed by atoms with van der Waals surface area (Å²) in [6.45, 7) is 1.54. The van der Waals surface area contributed by atoms with Crippen molar-refractivity contribution < 1.29 is 22.7 Å². The van der Waals surface area contributed by atoms with Crippen LogP contribution in [-0.2, 0) is 21.3 Å². The first-order chi connectivity index (χ1) is 14.9. The van der Waals surface area contributed by atoms with Gasteiger partial charge in [0.1, 0.15) is 16.3 Å². The molecule has 4 N–H and O–H groups in total. The Labute approximate surface area is 180 Å². The number of ether oxygens (including phenoxy) is 2. The standard InChI is InChI=1S/C21H24N4O5S/c1-29-16-5-3-15(4-6-16)23-13-14-2-7-18-17(12-14)20(19(24-18)21(22)26)31(27,28)25-8-10-30-11-9-25/h2-7,12,23-24H,8-11,13H2,1H3,(H2,22,26). The number of nitrogens with two attached hydrogens (primary N) is 1. The van der Waals surface area contributed by atoms with Crippen LogP contribution in [-0.4, -0.2) is 57.0 Å². The van der Waals surface area contributed by atoms with E-state index in [0.717, 1.165) is 17.0 Å². The minimum atomic E-state index is -3.93. The Kier molecular flexibility index (Phi) is 5.86. The second-order valence-electron chi connectivity index (χ2n) is 7.17. The van der Waals surface area contributed by atoms with Crippen molar-refractivity contribution in [1.29, 1.82) is 0 Å².